The standard InChI is InChI=1S/C28H26FNO4/c29-22-9-10-25(34-17-27(32)33)24(16-22)28-23-8-4-3-5-19(23)11-12-30(28)26(31)15-18-13-20-6-1-2-7-21(20)14-18/h1-10,16,18,28H,11-15,17H2,(H,32,33). The Morgan fingerprint density at radius 3 is 2.32 bits per heavy atom. The summed E-state index contributed by atoms with van der Waals surface area (Å²) in [5, 5.41) is 9.10. The molecule has 1 heterocycles. The summed E-state index contributed by atoms with van der Waals surface area (Å²) in [6.07, 6.45) is 2.88. The molecule has 0 fully saturated rings. The van der Waals surface area contributed by atoms with Crippen molar-refractivity contribution in [3.05, 3.63) is 100 Å². The normalized spacial score (nSPS) is 17.2. The number of nitrogens with zero attached hydrogens (tertiary/aromatic N) is 1. The van der Waals surface area contributed by atoms with E-state index in [1.165, 1.54) is 29.3 Å². The molecule has 34 heavy (non-hydrogen) atoms. The lowest BCUT2D eigenvalue weighted by Crippen LogP contribution is -2.41. The highest BCUT2D eigenvalue weighted by atomic mass is 19.1. The second-order valence-electron chi connectivity index (χ2n) is 9.05. The maximum Gasteiger partial charge on any atom is 0.341 e. The van der Waals surface area contributed by atoms with E-state index in [1.54, 1.807) is 0 Å². The van der Waals surface area contributed by atoms with Gasteiger partial charge in [0.1, 0.15) is 11.6 Å². The summed E-state index contributed by atoms with van der Waals surface area (Å²) >= 11 is 0. The minimum Gasteiger partial charge on any atom is -0.482 e. The maximum atomic E-state index is 14.4. The summed E-state index contributed by atoms with van der Waals surface area (Å²) in [6.45, 7) is -0.0314. The van der Waals surface area contributed by atoms with Crippen molar-refractivity contribution in [2.45, 2.75) is 31.7 Å². The van der Waals surface area contributed by atoms with Gasteiger partial charge in [-0.3, -0.25) is 4.79 Å². The first-order valence-corrected chi connectivity index (χ1v) is 11.6. The molecule has 174 valence electrons. The van der Waals surface area contributed by atoms with Crippen LogP contribution in [-0.2, 0) is 28.9 Å². The Kier molecular flexibility index (Phi) is 6.05. The number of hydrogen-bond donors (Lipinski definition) is 1. The van der Waals surface area contributed by atoms with E-state index < -0.39 is 24.4 Å². The van der Waals surface area contributed by atoms with E-state index in [0.717, 1.165) is 24.0 Å². The monoisotopic (exact) mass is 459 g/mol. The second kappa shape index (κ2) is 9.29. The Balaban J connectivity index is 1.48. The van der Waals surface area contributed by atoms with Crippen LogP contribution in [0.4, 0.5) is 4.39 Å². The minimum absolute atomic E-state index is 0.0192. The fourth-order valence-corrected chi connectivity index (χ4v) is 5.33. The summed E-state index contributed by atoms with van der Waals surface area (Å²) in [7, 11) is 0. The average molecular weight is 460 g/mol. The van der Waals surface area contributed by atoms with Crippen LogP contribution < -0.4 is 4.74 Å². The molecule has 1 aliphatic heterocycles. The topological polar surface area (TPSA) is 66.8 Å². The second-order valence-corrected chi connectivity index (χ2v) is 9.05. The molecule has 5 nitrogen and oxygen atoms in total. The summed E-state index contributed by atoms with van der Waals surface area (Å²) in [6, 6.07) is 19.7. The molecule has 0 saturated heterocycles. The van der Waals surface area contributed by atoms with E-state index in [9.17, 15) is 14.0 Å². The van der Waals surface area contributed by atoms with Crippen LogP contribution in [0, 0.1) is 11.7 Å². The molecule has 3 aromatic carbocycles. The zero-order valence-electron chi connectivity index (χ0n) is 18.7. The number of benzene rings is 3. The number of amides is 1. The van der Waals surface area contributed by atoms with Crippen LogP contribution in [0.2, 0.25) is 0 Å². The molecule has 0 saturated carbocycles. The van der Waals surface area contributed by atoms with Gasteiger partial charge in [0, 0.05) is 18.5 Å². The van der Waals surface area contributed by atoms with Crippen LogP contribution in [0.5, 0.6) is 5.75 Å². The van der Waals surface area contributed by atoms with E-state index in [2.05, 4.69) is 12.1 Å². The Morgan fingerprint density at radius 1 is 0.941 bits per heavy atom. The van der Waals surface area contributed by atoms with Crippen molar-refractivity contribution in [2.24, 2.45) is 5.92 Å². The van der Waals surface area contributed by atoms with Crippen molar-refractivity contribution < 1.29 is 23.8 Å². The molecular weight excluding hydrogens is 433 g/mol. The van der Waals surface area contributed by atoms with Gasteiger partial charge in [0.2, 0.25) is 5.91 Å². The van der Waals surface area contributed by atoms with Crippen LogP contribution in [0.15, 0.2) is 66.7 Å². The zero-order valence-corrected chi connectivity index (χ0v) is 18.7. The van der Waals surface area contributed by atoms with E-state index in [0.29, 0.717) is 24.9 Å². The van der Waals surface area contributed by atoms with Crippen LogP contribution in [0.3, 0.4) is 0 Å². The minimum atomic E-state index is -1.12. The lowest BCUT2D eigenvalue weighted by atomic mass is 9.87. The van der Waals surface area contributed by atoms with Gasteiger partial charge < -0.3 is 14.7 Å². The van der Waals surface area contributed by atoms with Crippen molar-refractivity contribution in [3.63, 3.8) is 0 Å². The number of fused-ring (bicyclic) bond motifs is 2. The van der Waals surface area contributed by atoms with Gasteiger partial charge in [-0.15, -0.1) is 0 Å². The molecule has 1 N–H and O–H groups in total. The highest BCUT2D eigenvalue weighted by Gasteiger charge is 2.35. The third kappa shape index (κ3) is 4.40. The number of aliphatic carboxylic acids is 1. The quantitative estimate of drug-likeness (QED) is 0.587. The van der Waals surface area contributed by atoms with Crippen molar-refractivity contribution in [1.82, 2.24) is 4.90 Å². The molecule has 2 aliphatic rings. The van der Waals surface area contributed by atoms with Crippen LogP contribution in [0.1, 0.15) is 40.3 Å². The fourth-order valence-electron chi connectivity index (χ4n) is 5.33. The number of hydrogen-bond acceptors (Lipinski definition) is 3. The predicted molar refractivity (Wildman–Crippen MR) is 125 cm³/mol. The average Bonchev–Trinajstić information content (AvgIpc) is 3.24. The van der Waals surface area contributed by atoms with Crippen molar-refractivity contribution >= 4 is 11.9 Å². The van der Waals surface area contributed by atoms with Crippen molar-refractivity contribution in [3.8, 4) is 5.75 Å². The molecule has 6 heteroatoms. The highest BCUT2D eigenvalue weighted by molar-refractivity contribution is 5.78. The third-order valence-electron chi connectivity index (χ3n) is 6.82. The maximum absolute atomic E-state index is 14.4. The smallest absolute Gasteiger partial charge is 0.341 e. The van der Waals surface area contributed by atoms with Crippen LogP contribution in [-0.4, -0.2) is 35.0 Å². The third-order valence-corrected chi connectivity index (χ3v) is 6.82. The highest BCUT2D eigenvalue weighted by Crippen LogP contribution is 2.41. The molecule has 0 bridgehead atoms. The van der Waals surface area contributed by atoms with E-state index in [1.807, 2.05) is 41.3 Å². The number of carbonyl (C=O) groups excluding carboxylic acids is 1. The lowest BCUT2D eigenvalue weighted by molar-refractivity contribution is -0.139. The van der Waals surface area contributed by atoms with Gasteiger partial charge in [-0.25, -0.2) is 9.18 Å². The SMILES string of the molecule is O=C(O)COc1ccc(F)cc1C1c2ccccc2CCN1C(=O)CC1Cc2ccccc2C1. The first-order valence-electron chi connectivity index (χ1n) is 11.6. The van der Waals surface area contributed by atoms with E-state index in [-0.39, 0.29) is 17.6 Å². The van der Waals surface area contributed by atoms with Gasteiger partial charge in [-0.2, -0.15) is 0 Å². The van der Waals surface area contributed by atoms with Crippen LogP contribution >= 0.6 is 0 Å². The fraction of sp³-hybridized carbons (Fsp3) is 0.286. The lowest BCUT2D eigenvalue weighted by Gasteiger charge is -2.39. The molecule has 0 spiro atoms. The molecule has 0 aromatic heterocycles. The molecule has 1 unspecified atom stereocenters. The molecule has 1 amide bonds. The molecule has 5 rings (SSSR count). The van der Waals surface area contributed by atoms with Gasteiger partial charge >= 0.3 is 5.97 Å². The molecule has 1 atom stereocenters. The largest absolute Gasteiger partial charge is 0.482 e. The van der Waals surface area contributed by atoms with Gasteiger partial charge in [-0.1, -0.05) is 48.5 Å². The van der Waals surface area contributed by atoms with Crippen molar-refractivity contribution in [2.75, 3.05) is 13.2 Å². The summed E-state index contributed by atoms with van der Waals surface area (Å²) in [5.41, 5.74) is 5.09. The first kappa shape index (κ1) is 22.1. The zero-order chi connectivity index (χ0) is 23.7. The van der Waals surface area contributed by atoms with Crippen LogP contribution in [0.25, 0.3) is 0 Å². The molecule has 0 radical (unpaired) electrons. The number of carbonyl (C=O) groups is 2. The van der Waals surface area contributed by atoms with Gasteiger partial charge in [0.15, 0.2) is 6.61 Å². The number of carboxylic acid groups (broad SMARTS) is 1. The van der Waals surface area contributed by atoms with Gasteiger partial charge in [-0.05, 0) is 65.6 Å². The van der Waals surface area contributed by atoms with E-state index in [4.69, 9.17) is 9.84 Å². The Bertz CT molecular complexity index is 1220. The summed E-state index contributed by atoms with van der Waals surface area (Å²) in [5.74, 6) is -1.05. The number of rotatable bonds is 6. The Morgan fingerprint density at radius 2 is 1.62 bits per heavy atom. The summed E-state index contributed by atoms with van der Waals surface area (Å²) < 4.78 is 19.9. The molecular formula is C28H26FNO4. The van der Waals surface area contributed by atoms with E-state index >= 15 is 0 Å². The van der Waals surface area contributed by atoms with Gasteiger partial charge in [0.05, 0.1) is 6.04 Å². The summed E-state index contributed by atoms with van der Waals surface area (Å²) in [4.78, 5) is 26.6. The Labute approximate surface area is 197 Å². The predicted octanol–water partition coefficient (Wildman–Crippen LogP) is 4.57. The number of halogens is 1. The first-order chi connectivity index (χ1) is 16.5. The molecule has 3 aromatic rings. The Hall–Kier alpha value is -3.67. The molecule has 1 aliphatic carbocycles. The van der Waals surface area contributed by atoms with Crippen molar-refractivity contribution in [1.29, 1.82) is 0 Å². The van der Waals surface area contributed by atoms with Gasteiger partial charge in [0.25, 0.3) is 0 Å². The number of ether oxygens (including phenoxy) is 1. The number of carboxylic acids is 1.